The summed E-state index contributed by atoms with van der Waals surface area (Å²) in [6, 6.07) is 11.0. The quantitative estimate of drug-likeness (QED) is 0.507. The number of anilines is 1. The lowest BCUT2D eigenvalue weighted by molar-refractivity contribution is -0.116. The summed E-state index contributed by atoms with van der Waals surface area (Å²) in [5.41, 5.74) is 4.44. The van der Waals surface area contributed by atoms with E-state index in [1.54, 1.807) is 30.1 Å². The number of benzene rings is 1. The van der Waals surface area contributed by atoms with Crippen molar-refractivity contribution < 1.29 is 9.53 Å². The number of aryl methyl sites for hydroxylation is 1. The van der Waals surface area contributed by atoms with Gasteiger partial charge < -0.3 is 10.1 Å². The van der Waals surface area contributed by atoms with Crippen LogP contribution in [-0.4, -0.2) is 43.2 Å². The van der Waals surface area contributed by atoms with Crippen molar-refractivity contribution in [2.24, 2.45) is 0 Å². The summed E-state index contributed by atoms with van der Waals surface area (Å²) in [6.45, 7) is 1.91. The summed E-state index contributed by atoms with van der Waals surface area (Å²) in [7, 11) is 1.63. The molecule has 5 rings (SSSR count). The fraction of sp³-hybridized carbons (Fsp3) is 0.190. The normalized spacial score (nSPS) is 15.5. The maximum absolute atomic E-state index is 12.7. The molecule has 3 aromatic heterocycles. The zero-order valence-electron chi connectivity index (χ0n) is 16.8. The van der Waals surface area contributed by atoms with Crippen LogP contribution >= 0.6 is 11.6 Å². The Balaban J connectivity index is 1.62. The van der Waals surface area contributed by atoms with E-state index in [0.717, 1.165) is 33.8 Å². The van der Waals surface area contributed by atoms with Gasteiger partial charge in [0, 0.05) is 29.0 Å². The maximum Gasteiger partial charge on any atom is 0.226 e. The number of halogens is 1. The monoisotopic (exact) mass is 435 g/mol. The topological polar surface area (TPSA) is 111 Å². The number of nitrogens with zero attached hydrogens (tertiary/aromatic N) is 5. The molecule has 9 nitrogen and oxygen atoms in total. The Morgan fingerprint density at radius 1 is 1.16 bits per heavy atom. The average Bonchev–Trinajstić information content (AvgIpc) is 3.39. The van der Waals surface area contributed by atoms with Gasteiger partial charge in [-0.05, 0) is 43.3 Å². The van der Waals surface area contributed by atoms with E-state index in [2.05, 4.69) is 30.8 Å². The lowest BCUT2D eigenvalue weighted by Crippen LogP contribution is -2.25. The van der Waals surface area contributed by atoms with Crippen molar-refractivity contribution >= 4 is 23.3 Å². The van der Waals surface area contributed by atoms with E-state index in [4.69, 9.17) is 16.3 Å². The molecule has 0 bridgehead atoms. The van der Waals surface area contributed by atoms with Crippen molar-refractivity contribution in [3.63, 3.8) is 0 Å². The Bertz CT molecular complexity index is 1260. The fourth-order valence-corrected chi connectivity index (χ4v) is 4.05. The second-order valence-electron chi connectivity index (χ2n) is 7.21. The number of H-pyrrole nitrogens is 1. The number of aromatic amines is 1. The highest BCUT2D eigenvalue weighted by molar-refractivity contribution is 6.29. The number of ether oxygens (including phenoxy) is 1. The van der Waals surface area contributed by atoms with Crippen LogP contribution in [0.1, 0.15) is 29.2 Å². The lowest BCUT2D eigenvalue weighted by atomic mass is 9.85. The number of methoxy groups -OCH3 is 1. The molecule has 0 saturated heterocycles. The van der Waals surface area contributed by atoms with Crippen LogP contribution in [0.2, 0.25) is 5.15 Å². The van der Waals surface area contributed by atoms with Gasteiger partial charge in [-0.25, -0.2) is 0 Å². The predicted octanol–water partition coefficient (Wildman–Crippen LogP) is 3.50. The molecule has 1 amide bonds. The highest BCUT2D eigenvalue weighted by Crippen LogP contribution is 2.42. The number of hydrogen-bond donors (Lipinski definition) is 2. The molecule has 1 aliphatic rings. The molecule has 2 N–H and O–H groups in total. The van der Waals surface area contributed by atoms with Crippen molar-refractivity contribution in [3.8, 4) is 22.8 Å². The van der Waals surface area contributed by atoms with Crippen LogP contribution in [0, 0.1) is 6.92 Å². The Morgan fingerprint density at radius 3 is 2.68 bits per heavy atom. The molecule has 4 heterocycles. The van der Waals surface area contributed by atoms with E-state index in [-0.39, 0.29) is 23.4 Å². The van der Waals surface area contributed by atoms with Crippen LogP contribution in [0.3, 0.4) is 0 Å². The molecule has 1 aromatic carbocycles. The molecule has 0 radical (unpaired) electrons. The van der Waals surface area contributed by atoms with Gasteiger partial charge >= 0.3 is 0 Å². The average molecular weight is 436 g/mol. The molecule has 10 heteroatoms. The molecule has 0 unspecified atom stereocenters. The number of hydrogen-bond acceptors (Lipinski definition) is 6. The summed E-state index contributed by atoms with van der Waals surface area (Å²) in [5, 5.41) is 23.2. The highest BCUT2D eigenvalue weighted by Gasteiger charge is 2.35. The van der Waals surface area contributed by atoms with Gasteiger partial charge in [0.15, 0.2) is 11.0 Å². The van der Waals surface area contributed by atoms with E-state index in [1.165, 1.54) is 0 Å². The number of aromatic nitrogens is 6. The molecular weight excluding hydrogens is 418 g/mol. The molecule has 0 fully saturated rings. The molecule has 1 aliphatic heterocycles. The first-order valence-corrected chi connectivity index (χ1v) is 9.99. The van der Waals surface area contributed by atoms with Crippen LogP contribution in [0.15, 0.2) is 42.6 Å². The molecule has 4 aromatic rings. The fourth-order valence-electron chi connectivity index (χ4n) is 3.95. The summed E-state index contributed by atoms with van der Waals surface area (Å²) in [4.78, 5) is 12.7. The Labute approximate surface area is 182 Å². The minimum absolute atomic E-state index is 0.109. The summed E-state index contributed by atoms with van der Waals surface area (Å²) < 4.78 is 6.84. The van der Waals surface area contributed by atoms with E-state index >= 15 is 0 Å². The first-order valence-electron chi connectivity index (χ1n) is 9.62. The van der Waals surface area contributed by atoms with Crippen LogP contribution < -0.4 is 10.1 Å². The third-order valence-corrected chi connectivity index (χ3v) is 5.56. The van der Waals surface area contributed by atoms with Gasteiger partial charge in [-0.2, -0.15) is 14.9 Å². The Kier molecular flexibility index (Phi) is 4.67. The van der Waals surface area contributed by atoms with Gasteiger partial charge in [-0.15, -0.1) is 10.2 Å². The number of carbonyl (C=O) groups is 1. The standard InChI is InChI=1S/C21H18ClN7O2/c1-11-19-14(15-10-23-27-20(15)12-3-5-13(31-2)6-4-12)9-18(30)24-21(19)29(28-11)17-8-7-16(22)25-26-17/h3-8,10,14H,9H2,1-2H3,(H,23,27)(H,24,30)/t14-/m0/s1. The molecule has 1 atom stereocenters. The molecule has 0 aliphatic carbocycles. The number of amides is 1. The lowest BCUT2D eigenvalue weighted by Gasteiger charge is -2.24. The molecule has 31 heavy (non-hydrogen) atoms. The van der Waals surface area contributed by atoms with Crippen molar-refractivity contribution in [2.75, 3.05) is 12.4 Å². The summed E-state index contributed by atoms with van der Waals surface area (Å²) in [5.74, 6) is 1.50. The van der Waals surface area contributed by atoms with E-state index in [9.17, 15) is 4.79 Å². The highest BCUT2D eigenvalue weighted by atomic mass is 35.5. The van der Waals surface area contributed by atoms with Gasteiger partial charge in [-0.3, -0.25) is 9.89 Å². The number of rotatable bonds is 4. The Morgan fingerprint density at radius 2 is 1.97 bits per heavy atom. The van der Waals surface area contributed by atoms with Crippen molar-refractivity contribution in [3.05, 3.63) is 64.6 Å². The first kappa shape index (κ1) is 19.3. The second-order valence-corrected chi connectivity index (χ2v) is 7.59. The summed E-state index contributed by atoms with van der Waals surface area (Å²) >= 11 is 5.86. The molecular formula is C21H18ClN7O2. The molecule has 0 spiro atoms. The first-order chi connectivity index (χ1) is 15.0. The van der Waals surface area contributed by atoms with Gasteiger partial charge in [-0.1, -0.05) is 11.6 Å². The number of carbonyl (C=O) groups excluding carboxylic acids is 1. The molecule has 156 valence electrons. The predicted molar refractivity (Wildman–Crippen MR) is 115 cm³/mol. The Hall–Kier alpha value is -3.72. The maximum atomic E-state index is 12.7. The van der Waals surface area contributed by atoms with Gasteiger partial charge in [0.2, 0.25) is 5.91 Å². The van der Waals surface area contributed by atoms with Crippen molar-refractivity contribution in [2.45, 2.75) is 19.3 Å². The van der Waals surface area contributed by atoms with E-state index in [0.29, 0.717) is 11.6 Å². The largest absolute Gasteiger partial charge is 0.497 e. The number of fused-ring (bicyclic) bond motifs is 1. The second kappa shape index (κ2) is 7.51. The summed E-state index contributed by atoms with van der Waals surface area (Å²) in [6.07, 6.45) is 2.06. The van der Waals surface area contributed by atoms with E-state index in [1.807, 2.05) is 31.2 Å². The minimum Gasteiger partial charge on any atom is -0.497 e. The van der Waals surface area contributed by atoms with Crippen LogP contribution in [0.25, 0.3) is 17.1 Å². The zero-order valence-corrected chi connectivity index (χ0v) is 17.5. The van der Waals surface area contributed by atoms with Gasteiger partial charge in [0.1, 0.15) is 11.6 Å². The SMILES string of the molecule is COc1ccc(-c2[nH]ncc2[C@@H]2CC(=O)Nc3c2c(C)nn3-c2ccc(Cl)nn2)cc1. The number of nitrogens with one attached hydrogen (secondary N) is 2. The van der Waals surface area contributed by atoms with Gasteiger partial charge in [0.25, 0.3) is 0 Å². The zero-order chi connectivity index (χ0) is 21.5. The van der Waals surface area contributed by atoms with Crippen molar-refractivity contribution in [1.82, 2.24) is 30.2 Å². The van der Waals surface area contributed by atoms with Crippen molar-refractivity contribution in [1.29, 1.82) is 0 Å². The van der Waals surface area contributed by atoms with Gasteiger partial charge in [0.05, 0.1) is 24.7 Å². The van der Waals surface area contributed by atoms with E-state index < -0.39 is 0 Å². The minimum atomic E-state index is -0.214. The van der Waals surface area contributed by atoms with Crippen LogP contribution in [0.5, 0.6) is 5.75 Å². The third-order valence-electron chi connectivity index (χ3n) is 5.36. The third kappa shape index (κ3) is 3.32. The smallest absolute Gasteiger partial charge is 0.226 e. The van der Waals surface area contributed by atoms with Crippen LogP contribution in [-0.2, 0) is 4.79 Å². The van der Waals surface area contributed by atoms with Crippen LogP contribution in [0.4, 0.5) is 5.82 Å². The molecule has 0 saturated carbocycles.